The first-order valence-electron chi connectivity index (χ1n) is 6.72. The number of carbonyl (C=O) groups is 1. The smallest absolute Gasteiger partial charge is 0.319 e. The molecule has 1 N–H and O–H groups in total. The van der Waals surface area contributed by atoms with E-state index in [9.17, 15) is 4.79 Å². The van der Waals surface area contributed by atoms with E-state index in [4.69, 9.17) is 4.74 Å². The van der Waals surface area contributed by atoms with Crippen molar-refractivity contribution in [2.24, 2.45) is 0 Å². The molecule has 1 aromatic rings. The van der Waals surface area contributed by atoms with E-state index in [1.54, 1.807) is 6.92 Å². The van der Waals surface area contributed by atoms with Gasteiger partial charge in [0.2, 0.25) is 0 Å². The van der Waals surface area contributed by atoms with Crippen molar-refractivity contribution >= 4 is 18.6 Å². The zero-order valence-electron chi connectivity index (χ0n) is 11.5. The third-order valence-corrected chi connectivity index (χ3v) is 3.77. The molecule has 0 radical (unpaired) electrons. The van der Waals surface area contributed by atoms with Crippen molar-refractivity contribution in [2.45, 2.75) is 37.5 Å². The third kappa shape index (κ3) is 3.31. The Kier molecular flexibility index (Phi) is 4.53. The number of hydrogen-bond acceptors (Lipinski definition) is 4. The predicted octanol–water partition coefficient (Wildman–Crippen LogP) is 2.44. The monoisotopic (exact) mass is 279 g/mol. The Morgan fingerprint density at radius 2 is 2.11 bits per heavy atom. The molecule has 19 heavy (non-hydrogen) atoms. The summed E-state index contributed by atoms with van der Waals surface area (Å²) in [5.41, 5.74) is 1.73. The molecule has 2 unspecified atom stereocenters. The van der Waals surface area contributed by atoms with Crippen LogP contribution in [0.1, 0.15) is 30.9 Å². The summed E-state index contributed by atoms with van der Waals surface area (Å²) < 4.78 is 5.79. The van der Waals surface area contributed by atoms with Gasteiger partial charge in [-0.15, -0.1) is 0 Å². The second kappa shape index (κ2) is 5.97. The molecule has 0 bridgehead atoms. The topological polar surface area (TPSA) is 38.3 Å². The van der Waals surface area contributed by atoms with Gasteiger partial charge in [0, 0.05) is 6.54 Å². The fourth-order valence-electron chi connectivity index (χ4n) is 2.41. The van der Waals surface area contributed by atoms with E-state index in [0.717, 1.165) is 24.9 Å². The Bertz CT molecular complexity index is 436. The van der Waals surface area contributed by atoms with Gasteiger partial charge in [0.05, 0.1) is 5.25 Å². The van der Waals surface area contributed by atoms with Gasteiger partial charge in [-0.3, -0.25) is 4.79 Å². The molecule has 1 saturated heterocycles. The summed E-state index contributed by atoms with van der Waals surface area (Å²) in [6.45, 7) is 5.44. The summed E-state index contributed by atoms with van der Waals surface area (Å²) in [6, 6.07) is 8.23. The Morgan fingerprint density at radius 3 is 2.63 bits per heavy atom. The number of esters is 1. The second-order valence-corrected chi connectivity index (χ2v) is 6.01. The van der Waals surface area contributed by atoms with E-state index in [0.29, 0.717) is 6.54 Å². The SMILES string of the molecule is Cc1ccc(C2(OC(=O)C(C)S)CCCNC2)cc1. The molecule has 0 saturated carbocycles. The minimum Gasteiger partial charge on any atom is -0.452 e. The number of thiol groups is 1. The molecule has 2 rings (SSSR count). The summed E-state index contributed by atoms with van der Waals surface area (Å²) >= 11 is 4.16. The molecule has 1 fully saturated rings. The highest BCUT2D eigenvalue weighted by molar-refractivity contribution is 7.81. The van der Waals surface area contributed by atoms with Crippen LogP contribution in [0.3, 0.4) is 0 Å². The first-order chi connectivity index (χ1) is 9.03. The Labute approximate surface area is 120 Å². The van der Waals surface area contributed by atoms with Gasteiger partial charge in [0.1, 0.15) is 5.60 Å². The van der Waals surface area contributed by atoms with E-state index in [2.05, 4.69) is 49.1 Å². The normalized spacial score (nSPS) is 24.8. The lowest BCUT2D eigenvalue weighted by molar-refractivity contribution is -0.162. The molecule has 1 aliphatic rings. The van der Waals surface area contributed by atoms with E-state index in [1.165, 1.54) is 5.56 Å². The molecule has 0 spiro atoms. The fraction of sp³-hybridized carbons (Fsp3) is 0.533. The molecule has 3 nitrogen and oxygen atoms in total. The molecule has 1 aromatic carbocycles. The third-order valence-electron chi connectivity index (χ3n) is 3.56. The van der Waals surface area contributed by atoms with E-state index < -0.39 is 10.9 Å². The predicted molar refractivity (Wildman–Crippen MR) is 79.5 cm³/mol. The van der Waals surface area contributed by atoms with Crippen LogP contribution in [0.4, 0.5) is 0 Å². The van der Waals surface area contributed by atoms with Crippen molar-refractivity contribution in [3.63, 3.8) is 0 Å². The first-order valence-corrected chi connectivity index (χ1v) is 7.24. The van der Waals surface area contributed by atoms with E-state index in [1.807, 2.05) is 0 Å². The summed E-state index contributed by atoms with van der Waals surface area (Å²) in [7, 11) is 0. The number of benzene rings is 1. The fourth-order valence-corrected chi connectivity index (χ4v) is 2.46. The highest BCUT2D eigenvalue weighted by Crippen LogP contribution is 2.33. The van der Waals surface area contributed by atoms with Crippen LogP contribution in [0.15, 0.2) is 24.3 Å². The summed E-state index contributed by atoms with van der Waals surface area (Å²) in [6.07, 6.45) is 1.86. The molecule has 2 atom stereocenters. The van der Waals surface area contributed by atoms with Gasteiger partial charge in [-0.2, -0.15) is 12.6 Å². The summed E-state index contributed by atoms with van der Waals surface area (Å²) in [5, 5.41) is 2.93. The average molecular weight is 279 g/mol. The minimum absolute atomic E-state index is 0.257. The number of rotatable bonds is 3. The largest absolute Gasteiger partial charge is 0.452 e. The molecule has 1 heterocycles. The van der Waals surface area contributed by atoms with Gasteiger partial charge < -0.3 is 10.1 Å². The van der Waals surface area contributed by atoms with Crippen molar-refractivity contribution in [3.8, 4) is 0 Å². The Morgan fingerprint density at radius 1 is 1.42 bits per heavy atom. The maximum atomic E-state index is 11.9. The van der Waals surface area contributed by atoms with Crippen molar-refractivity contribution in [3.05, 3.63) is 35.4 Å². The maximum absolute atomic E-state index is 11.9. The number of ether oxygens (including phenoxy) is 1. The highest BCUT2D eigenvalue weighted by Gasteiger charge is 2.38. The lowest BCUT2D eigenvalue weighted by Gasteiger charge is -2.38. The second-order valence-electron chi connectivity index (χ2n) is 5.24. The van der Waals surface area contributed by atoms with Crippen LogP contribution in [0.25, 0.3) is 0 Å². The molecule has 104 valence electrons. The molecule has 4 heteroatoms. The molecule has 0 aliphatic carbocycles. The van der Waals surface area contributed by atoms with Crippen LogP contribution in [-0.2, 0) is 15.1 Å². The molecular formula is C15H21NO2S. The van der Waals surface area contributed by atoms with Gasteiger partial charge in [-0.1, -0.05) is 29.8 Å². The van der Waals surface area contributed by atoms with Crippen LogP contribution in [0, 0.1) is 6.92 Å². The van der Waals surface area contributed by atoms with Crippen molar-refractivity contribution in [1.29, 1.82) is 0 Å². The molecule has 0 amide bonds. The summed E-state index contributed by atoms with van der Waals surface area (Å²) in [4.78, 5) is 11.9. The minimum atomic E-state index is -0.542. The number of piperidine rings is 1. The number of carbonyl (C=O) groups excluding carboxylic acids is 1. The van der Waals surface area contributed by atoms with E-state index in [-0.39, 0.29) is 5.97 Å². The average Bonchev–Trinajstić information content (AvgIpc) is 2.40. The molecule has 1 aliphatic heterocycles. The number of aryl methyl sites for hydroxylation is 1. The number of nitrogens with one attached hydrogen (secondary N) is 1. The van der Waals surface area contributed by atoms with Gasteiger partial charge >= 0.3 is 5.97 Å². The van der Waals surface area contributed by atoms with Crippen molar-refractivity contribution < 1.29 is 9.53 Å². The summed E-state index contributed by atoms with van der Waals surface area (Å²) in [5.74, 6) is -0.257. The van der Waals surface area contributed by atoms with Crippen LogP contribution < -0.4 is 5.32 Å². The lowest BCUT2D eigenvalue weighted by Crippen LogP contribution is -2.47. The van der Waals surface area contributed by atoms with Crippen LogP contribution in [0.2, 0.25) is 0 Å². The molecular weight excluding hydrogens is 258 g/mol. The highest BCUT2D eigenvalue weighted by atomic mass is 32.1. The zero-order chi connectivity index (χ0) is 13.9. The van der Waals surface area contributed by atoms with Crippen molar-refractivity contribution in [2.75, 3.05) is 13.1 Å². The Hall–Kier alpha value is -1.00. The van der Waals surface area contributed by atoms with Gasteiger partial charge in [0.15, 0.2) is 0 Å². The van der Waals surface area contributed by atoms with E-state index >= 15 is 0 Å². The quantitative estimate of drug-likeness (QED) is 0.659. The standard InChI is InChI=1S/C15H21NO2S/c1-11-4-6-13(7-5-11)15(8-3-9-16-10-15)18-14(17)12(2)19/h4-7,12,16,19H,3,8-10H2,1-2H3. The first kappa shape index (κ1) is 14.4. The molecule has 0 aromatic heterocycles. The van der Waals surface area contributed by atoms with Crippen LogP contribution in [-0.4, -0.2) is 24.3 Å². The number of hydrogen-bond donors (Lipinski definition) is 2. The van der Waals surface area contributed by atoms with Crippen LogP contribution in [0.5, 0.6) is 0 Å². The Balaban J connectivity index is 2.28. The van der Waals surface area contributed by atoms with Gasteiger partial charge in [-0.25, -0.2) is 0 Å². The van der Waals surface area contributed by atoms with Crippen molar-refractivity contribution in [1.82, 2.24) is 5.32 Å². The van der Waals surface area contributed by atoms with Crippen LogP contribution >= 0.6 is 12.6 Å². The maximum Gasteiger partial charge on any atom is 0.319 e. The zero-order valence-corrected chi connectivity index (χ0v) is 12.4. The van der Waals surface area contributed by atoms with Gasteiger partial charge in [0.25, 0.3) is 0 Å². The van der Waals surface area contributed by atoms with Gasteiger partial charge in [-0.05, 0) is 38.8 Å². The lowest BCUT2D eigenvalue weighted by atomic mass is 9.86.